The fourth-order valence-electron chi connectivity index (χ4n) is 1.98. The van der Waals surface area contributed by atoms with Gasteiger partial charge in [-0.05, 0) is 18.2 Å². The molecule has 0 atom stereocenters. The second-order valence-electron chi connectivity index (χ2n) is 3.81. The van der Waals surface area contributed by atoms with E-state index in [4.69, 9.17) is 0 Å². The summed E-state index contributed by atoms with van der Waals surface area (Å²) < 4.78 is 0. The number of hydrogen-bond acceptors (Lipinski definition) is 1. The summed E-state index contributed by atoms with van der Waals surface area (Å²) in [5.74, 6) is 0. The monoisotopic (exact) mass is 180 g/mol. The van der Waals surface area contributed by atoms with Crippen molar-refractivity contribution < 1.29 is 0 Å². The van der Waals surface area contributed by atoms with Crippen LogP contribution in [0.5, 0.6) is 0 Å². The van der Waals surface area contributed by atoms with Crippen LogP contribution in [0.25, 0.3) is 0 Å². The molecule has 1 fully saturated rings. The second-order valence-corrected chi connectivity index (χ2v) is 4.76. The molecule has 0 N–H and O–H groups in total. The summed E-state index contributed by atoms with van der Waals surface area (Å²) in [5.41, 5.74) is 0.443. The van der Waals surface area contributed by atoms with Crippen LogP contribution >= 0.6 is 11.8 Å². The van der Waals surface area contributed by atoms with Crippen LogP contribution in [0.2, 0.25) is 0 Å². The SMILES string of the molecule is CC1(C2=C[N]C=CS2)CCCC1. The third-order valence-corrected chi connectivity index (χ3v) is 3.95. The number of rotatable bonds is 1. The first kappa shape index (κ1) is 8.24. The lowest BCUT2D eigenvalue weighted by atomic mass is 9.88. The predicted molar refractivity (Wildman–Crippen MR) is 53.5 cm³/mol. The van der Waals surface area contributed by atoms with Gasteiger partial charge in [0, 0.05) is 22.7 Å². The van der Waals surface area contributed by atoms with Gasteiger partial charge < -0.3 is 0 Å². The van der Waals surface area contributed by atoms with Gasteiger partial charge in [-0.3, -0.25) is 5.32 Å². The van der Waals surface area contributed by atoms with E-state index in [0.717, 1.165) is 0 Å². The number of nitrogens with zero attached hydrogens (tertiary/aromatic N) is 1. The van der Waals surface area contributed by atoms with Crippen LogP contribution in [0.15, 0.2) is 22.7 Å². The molecule has 0 unspecified atom stereocenters. The third-order valence-electron chi connectivity index (χ3n) is 2.84. The summed E-state index contributed by atoms with van der Waals surface area (Å²) in [6.07, 6.45) is 9.36. The summed E-state index contributed by atoms with van der Waals surface area (Å²) in [6, 6.07) is 0. The van der Waals surface area contributed by atoms with Gasteiger partial charge in [0.1, 0.15) is 0 Å². The van der Waals surface area contributed by atoms with Crippen molar-refractivity contribution >= 4 is 11.8 Å². The van der Waals surface area contributed by atoms with Crippen molar-refractivity contribution in [3.8, 4) is 0 Å². The lowest BCUT2D eigenvalue weighted by Crippen LogP contribution is -2.14. The van der Waals surface area contributed by atoms with Crippen molar-refractivity contribution in [1.82, 2.24) is 5.32 Å². The molecule has 1 aliphatic heterocycles. The normalized spacial score (nSPS) is 26.6. The van der Waals surface area contributed by atoms with Gasteiger partial charge >= 0.3 is 0 Å². The van der Waals surface area contributed by atoms with Gasteiger partial charge in [0.15, 0.2) is 0 Å². The van der Waals surface area contributed by atoms with Gasteiger partial charge in [0.2, 0.25) is 0 Å². The van der Waals surface area contributed by atoms with Crippen LogP contribution in [0.1, 0.15) is 32.6 Å². The van der Waals surface area contributed by atoms with Crippen molar-refractivity contribution in [2.75, 3.05) is 0 Å². The molecule has 0 amide bonds. The smallest absolute Gasteiger partial charge is 0.0372 e. The van der Waals surface area contributed by atoms with E-state index in [2.05, 4.69) is 17.6 Å². The molecule has 1 nitrogen and oxygen atoms in total. The van der Waals surface area contributed by atoms with Crippen LogP contribution in [0.4, 0.5) is 0 Å². The van der Waals surface area contributed by atoms with Gasteiger partial charge in [-0.15, -0.1) is 0 Å². The van der Waals surface area contributed by atoms with Crippen LogP contribution in [0.3, 0.4) is 0 Å². The Bertz CT molecular complexity index is 224. The van der Waals surface area contributed by atoms with Crippen LogP contribution in [0, 0.1) is 5.41 Å². The molecular weight excluding hydrogens is 166 g/mol. The third kappa shape index (κ3) is 1.40. The van der Waals surface area contributed by atoms with Crippen molar-refractivity contribution in [2.45, 2.75) is 32.6 Å². The Morgan fingerprint density at radius 3 is 2.75 bits per heavy atom. The average molecular weight is 180 g/mol. The molecule has 0 aromatic rings. The number of allylic oxidation sites excluding steroid dienone is 1. The molecule has 0 aromatic carbocycles. The second kappa shape index (κ2) is 3.17. The van der Waals surface area contributed by atoms with Gasteiger partial charge in [-0.25, -0.2) is 0 Å². The Morgan fingerprint density at radius 2 is 2.17 bits per heavy atom. The Morgan fingerprint density at radius 1 is 1.42 bits per heavy atom. The van der Waals surface area contributed by atoms with Crippen molar-refractivity contribution in [3.63, 3.8) is 0 Å². The highest BCUT2D eigenvalue weighted by atomic mass is 32.2. The van der Waals surface area contributed by atoms with E-state index >= 15 is 0 Å². The van der Waals surface area contributed by atoms with E-state index in [0.29, 0.717) is 5.41 Å². The molecule has 0 saturated heterocycles. The lowest BCUT2D eigenvalue weighted by molar-refractivity contribution is 0.435. The van der Waals surface area contributed by atoms with Gasteiger partial charge in [-0.2, -0.15) is 0 Å². The van der Waals surface area contributed by atoms with Gasteiger partial charge in [-0.1, -0.05) is 31.5 Å². The fourth-order valence-corrected chi connectivity index (χ4v) is 2.87. The molecule has 0 bridgehead atoms. The maximum absolute atomic E-state index is 4.18. The highest BCUT2D eigenvalue weighted by Gasteiger charge is 2.33. The molecular formula is C10H14NS. The lowest BCUT2D eigenvalue weighted by Gasteiger charge is -2.26. The van der Waals surface area contributed by atoms with E-state index in [1.54, 1.807) is 0 Å². The van der Waals surface area contributed by atoms with Crippen molar-refractivity contribution in [2.24, 2.45) is 5.41 Å². The molecule has 65 valence electrons. The first-order chi connectivity index (χ1) is 5.81. The number of thioether (sulfide) groups is 1. The Labute approximate surface area is 78.3 Å². The minimum Gasteiger partial charge on any atom is -0.263 e. The van der Waals surface area contributed by atoms with E-state index in [1.165, 1.54) is 30.6 Å². The Kier molecular flexibility index (Phi) is 2.18. The average Bonchev–Trinajstić information content (AvgIpc) is 2.55. The zero-order valence-corrected chi connectivity index (χ0v) is 8.23. The van der Waals surface area contributed by atoms with Gasteiger partial charge in [0.05, 0.1) is 0 Å². The zero-order valence-electron chi connectivity index (χ0n) is 7.42. The topological polar surface area (TPSA) is 14.1 Å². The van der Waals surface area contributed by atoms with Crippen LogP contribution < -0.4 is 5.32 Å². The van der Waals surface area contributed by atoms with Gasteiger partial charge in [0.25, 0.3) is 0 Å². The predicted octanol–water partition coefficient (Wildman–Crippen LogP) is 3.23. The molecule has 0 aromatic heterocycles. The van der Waals surface area contributed by atoms with E-state index < -0.39 is 0 Å². The zero-order chi connectivity index (χ0) is 8.44. The quantitative estimate of drug-likeness (QED) is 0.604. The molecule has 2 aliphatic rings. The minimum absolute atomic E-state index is 0.443. The summed E-state index contributed by atoms with van der Waals surface area (Å²) in [7, 11) is 0. The summed E-state index contributed by atoms with van der Waals surface area (Å²) in [5, 5.41) is 6.27. The molecule has 12 heavy (non-hydrogen) atoms. The minimum atomic E-state index is 0.443. The van der Waals surface area contributed by atoms with E-state index in [9.17, 15) is 0 Å². The highest BCUT2D eigenvalue weighted by Crippen LogP contribution is 2.48. The molecule has 1 radical (unpaired) electrons. The molecule has 0 spiro atoms. The van der Waals surface area contributed by atoms with E-state index in [-0.39, 0.29) is 0 Å². The summed E-state index contributed by atoms with van der Waals surface area (Å²) in [6.45, 7) is 2.37. The molecule has 1 aliphatic carbocycles. The molecule has 1 saturated carbocycles. The first-order valence-corrected chi connectivity index (χ1v) is 5.41. The molecule has 2 heteroatoms. The van der Waals surface area contributed by atoms with Crippen molar-refractivity contribution in [3.05, 3.63) is 22.7 Å². The summed E-state index contributed by atoms with van der Waals surface area (Å²) >= 11 is 1.85. The number of hydrogen-bond donors (Lipinski definition) is 0. The summed E-state index contributed by atoms with van der Waals surface area (Å²) in [4.78, 5) is 1.46. The standard InChI is InChI=1S/C10H14NS/c1-10(4-2-3-5-10)9-8-11-6-7-12-9/h6-8H,2-5H2,1H3. The highest BCUT2D eigenvalue weighted by molar-refractivity contribution is 8.05. The van der Waals surface area contributed by atoms with Crippen LogP contribution in [-0.4, -0.2) is 0 Å². The molecule has 2 rings (SSSR count). The maximum Gasteiger partial charge on any atom is 0.0372 e. The van der Waals surface area contributed by atoms with Crippen LogP contribution in [-0.2, 0) is 0 Å². The maximum atomic E-state index is 4.18. The Hall–Kier alpha value is -0.370. The van der Waals surface area contributed by atoms with E-state index in [1.807, 2.05) is 24.2 Å². The van der Waals surface area contributed by atoms with Crippen molar-refractivity contribution in [1.29, 1.82) is 0 Å². The fraction of sp³-hybridized carbons (Fsp3) is 0.600. The Balaban J connectivity index is 2.11. The largest absolute Gasteiger partial charge is 0.263 e. The first-order valence-electron chi connectivity index (χ1n) is 4.54. The molecule has 1 heterocycles.